The fourth-order valence-corrected chi connectivity index (χ4v) is 5.01. The van der Waals surface area contributed by atoms with E-state index in [9.17, 15) is 19.5 Å². The monoisotopic (exact) mass is 585 g/mol. The minimum absolute atomic E-state index is 0.104. The predicted octanol–water partition coefficient (Wildman–Crippen LogP) is 2.77. The van der Waals surface area contributed by atoms with Crippen LogP contribution in [0, 0.1) is 0 Å². The number of aromatic hydroxyl groups is 1. The Morgan fingerprint density at radius 2 is 2.00 bits per heavy atom. The lowest BCUT2D eigenvalue weighted by molar-refractivity contribution is -0.116. The van der Waals surface area contributed by atoms with Gasteiger partial charge in [-0.2, -0.15) is 0 Å². The van der Waals surface area contributed by atoms with Crippen LogP contribution in [0.5, 0.6) is 5.75 Å². The minimum Gasteiger partial charge on any atom is -0.506 e. The Morgan fingerprint density at radius 1 is 1.23 bits per heavy atom. The molecule has 3 aromatic heterocycles. The lowest BCUT2D eigenvalue weighted by Gasteiger charge is -2.34. The highest BCUT2D eigenvalue weighted by Crippen LogP contribution is 2.36. The van der Waals surface area contributed by atoms with Crippen LogP contribution in [0.1, 0.15) is 17.3 Å². The number of benzene rings is 1. The van der Waals surface area contributed by atoms with E-state index in [-0.39, 0.29) is 44.8 Å². The number of carbonyl (C=O) groups is 2. The number of aryl methyl sites for hydroxylation is 1. The maximum absolute atomic E-state index is 13.2. The summed E-state index contributed by atoms with van der Waals surface area (Å²) >= 11 is 12.5. The number of nitrogens with one attached hydrogen (secondary N) is 1. The van der Waals surface area contributed by atoms with Gasteiger partial charge in [-0.05, 0) is 24.6 Å². The van der Waals surface area contributed by atoms with Crippen LogP contribution < -0.4 is 21.5 Å². The Bertz CT molecular complexity index is 1720. The Hall–Kier alpha value is -4.13. The number of aromatic nitrogens is 4. The Kier molecular flexibility index (Phi) is 7.41. The number of fused-ring (bicyclic) bond motifs is 1. The molecule has 0 radical (unpaired) electrons. The number of halogens is 2. The van der Waals surface area contributed by atoms with E-state index in [2.05, 4.69) is 20.2 Å². The Balaban J connectivity index is 1.50. The van der Waals surface area contributed by atoms with Crippen LogP contribution in [0.3, 0.4) is 0 Å². The first-order valence-corrected chi connectivity index (χ1v) is 13.0. The molecule has 1 aliphatic rings. The second kappa shape index (κ2) is 10.8. The third kappa shape index (κ3) is 5.08. The summed E-state index contributed by atoms with van der Waals surface area (Å²) in [6, 6.07) is 4.55. The van der Waals surface area contributed by atoms with Crippen molar-refractivity contribution in [2.75, 3.05) is 30.0 Å². The van der Waals surface area contributed by atoms with Gasteiger partial charge in [-0.25, -0.2) is 9.97 Å². The molecule has 208 valence electrons. The predicted molar refractivity (Wildman–Crippen MR) is 151 cm³/mol. The standard InChI is InChI=1S/C26H25Cl2N7O5/c1-13-11-40-4-3-35(13)20-7-19(18(28)8-30-20)32-21(36)10-34-9-16(22-25(34)31-12-33(2)26(22)39)14-5-15(24(29)38)23(37)17(27)6-14/h5-9,12-13,37H,3-4,10-11H2,1-2H3,(H2,29,38)(H,30,32,36)/t13-/m0/s1. The van der Waals surface area contributed by atoms with Crippen molar-refractivity contribution < 1.29 is 19.4 Å². The van der Waals surface area contributed by atoms with Gasteiger partial charge in [0, 0.05) is 31.4 Å². The number of nitrogens with zero attached hydrogens (tertiary/aromatic N) is 5. The van der Waals surface area contributed by atoms with Gasteiger partial charge < -0.3 is 34.9 Å². The van der Waals surface area contributed by atoms with Crippen LogP contribution >= 0.6 is 23.2 Å². The zero-order valence-electron chi connectivity index (χ0n) is 21.5. The maximum Gasteiger partial charge on any atom is 0.263 e. The van der Waals surface area contributed by atoms with Crippen LogP contribution in [-0.4, -0.2) is 61.8 Å². The molecule has 4 N–H and O–H groups in total. The van der Waals surface area contributed by atoms with Crippen molar-refractivity contribution in [3.63, 3.8) is 0 Å². The average Bonchev–Trinajstić information content (AvgIpc) is 3.27. The quantitative estimate of drug-likeness (QED) is 0.311. The molecule has 2 amide bonds. The van der Waals surface area contributed by atoms with Crippen molar-refractivity contribution in [2.45, 2.75) is 19.5 Å². The summed E-state index contributed by atoms with van der Waals surface area (Å²) in [6.45, 7) is 3.59. The molecule has 1 aliphatic heterocycles. The van der Waals surface area contributed by atoms with Crippen LogP contribution in [0.4, 0.5) is 11.5 Å². The summed E-state index contributed by atoms with van der Waals surface area (Å²) in [5.41, 5.74) is 6.12. The summed E-state index contributed by atoms with van der Waals surface area (Å²) in [5, 5.41) is 13.3. The molecular formula is C26H25Cl2N7O5. The van der Waals surface area contributed by atoms with Crippen molar-refractivity contribution >= 4 is 57.6 Å². The number of morpholine rings is 1. The number of rotatable bonds is 6. The average molecular weight is 586 g/mol. The summed E-state index contributed by atoms with van der Waals surface area (Å²) < 4.78 is 8.29. The van der Waals surface area contributed by atoms with Crippen LogP contribution in [-0.2, 0) is 23.1 Å². The molecule has 12 nitrogen and oxygen atoms in total. The number of nitrogens with two attached hydrogens (primary N) is 1. The molecule has 0 bridgehead atoms. The molecule has 1 fully saturated rings. The van der Waals surface area contributed by atoms with Gasteiger partial charge in [0.05, 0.1) is 58.5 Å². The normalized spacial score (nSPS) is 15.4. The molecule has 0 spiro atoms. The van der Waals surface area contributed by atoms with E-state index >= 15 is 0 Å². The molecule has 14 heteroatoms. The number of hydrogen-bond donors (Lipinski definition) is 3. The number of hydrogen-bond acceptors (Lipinski definition) is 8. The minimum atomic E-state index is -0.893. The summed E-state index contributed by atoms with van der Waals surface area (Å²) in [6.07, 6.45) is 4.38. The van der Waals surface area contributed by atoms with E-state index < -0.39 is 17.6 Å². The van der Waals surface area contributed by atoms with Crippen molar-refractivity contribution in [3.8, 4) is 16.9 Å². The van der Waals surface area contributed by atoms with E-state index in [1.165, 1.54) is 33.8 Å². The number of primary amides is 1. The van der Waals surface area contributed by atoms with Gasteiger partial charge in [-0.1, -0.05) is 23.2 Å². The highest BCUT2D eigenvalue weighted by molar-refractivity contribution is 6.34. The first-order chi connectivity index (χ1) is 19.0. The molecule has 1 atom stereocenters. The topological polar surface area (TPSA) is 158 Å². The number of ether oxygens (including phenoxy) is 1. The van der Waals surface area contributed by atoms with Crippen molar-refractivity contribution in [3.05, 3.63) is 62.9 Å². The van der Waals surface area contributed by atoms with Gasteiger partial charge in [0.25, 0.3) is 11.5 Å². The smallest absolute Gasteiger partial charge is 0.263 e. The van der Waals surface area contributed by atoms with Gasteiger partial charge in [-0.3, -0.25) is 14.4 Å². The van der Waals surface area contributed by atoms with E-state index in [4.69, 9.17) is 33.7 Å². The molecule has 0 saturated carbocycles. The van der Waals surface area contributed by atoms with Gasteiger partial charge in [-0.15, -0.1) is 0 Å². The van der Waals surface area contributed by atoms with Crippen molar-refractivity contribution in [1.82, 2.24) is 19.1 Å². The first kappa shape index (κ1) is 27.4. The molecule has 40 heavy (non-hydrogen) atoms. The zero-order valence-corrected chi connectivity index (χ0v) is 23.0. The van der Waals surface area contributed by atoms with Crippen molar-refractivity contribution in [2.24, 2.45) is 12.8 Å². The highest BCUT2D eigenvalue weighted by Gasteiger charge is 2.23. The van der Waals surface area contributed by atoms with Crippen molar-refractivity contribution in [1.29, 1.82) is 0 Å². The SMILES string of the molecule is C[C@H]1COCCN1c1cc(NC(=O)Cn2cc(-c3cc(Cl)c(O)c(C(N)=O)c3)c3c(=O)n(C)cnc32)c(Cl)cn1. The second-order valence-corrected chi connectivity index (χ2v) is 10.3. The third-order valence-electron chi connectivity index (χ3n) is 6.67. The first-order valence-electron chi connectivity index (χ1n) is 12.2. The molecule has 1 aromatic carbocycles. The highest BCUT2D eigenvalue weighted by atomic mass is 35.5. The molecule has 4 heterocycles. The second-order valence-electron chi connectivity index (χ2n) is 9.44. The van der Waals surface area contributed by atoms with Gasteiger partial charge in [0.1, 0.15) is 23.8 Å². The summed E-state index contributed by atoms with van der Waals surface area (Å²) in [4.78, 5) is 49.1. The number of pyridine rings is 1. The largest absolute Gasteiger partial charge is 0.506 e. The van der Waals surface area contributed by atoms with E-state index in [0.717, 1.165) is 0 Å². The van der Waals surface area contributed by atoms with Gasteiger partial charge in [0.2, 0.25) is 5.91 Å². The summed E-state index contributed by atoms with van der Waals surface area (Å²) in [5.74, 6) is -1.13. The van der Waals surface area contributed by atoms with Crippen LogP contribution in [0.2, 0.25) is 10.0 Å². The number of anilines is 2. The van der Waals surface area contributed by atoms with Crippen LogP contribution in [0.25, 0.3) is 22.2 Å². The molecular weight excluding hydrogens is 561 g/mol. The lowest BCUT2D eigenvalue weighted by Crippen LogP contribution is -2.44. The number of carbonyl (C=O) groups excluding carboxylic acids is 2. The zero-order chi connectivity index (χ0) is 28.7. The Morgan fingerprint density at radius 3 is 2.73 bits per heavy atom. The van der Waals surface area contributed by atoms with Crippen LogP contribution in [0.15, 0.2) is 41.7 Å². The number of phenols is 1. The third-order valence-corrected chi connectivity index (χ3v) is 7.26. The fourth-order valence-electron chi connectivity index (χ4n) is 4.64. The maximum atomic E-state index is 13.2. The fraction of sp³-hybridized carbons (Fsp3) is 0.269. The molecule has 0 aliphatic carbocycles. The lowest BCUT2D eigenvalue weighted by atomic mass is 10.0. The van der Waals surface area contributed by atoms with Gasteiger partial charge in [0.15, 0.2) is 0 Å². The van der Waals surface area contributed by atoms with E-state index in [1.807, 2.05) is 6.92 Å². The van der Waals surface area contributed by atoms with Gasteiger partial charge >= 0.3 is 0 Å². The van der Waals surface area contributed by atoms with E-state index in [0.29, 0.717) is 42.4 Å². The molecule has 1 saturated heterocycles. The molecule has 4 aromatic rings. The molecule has 0 unspecified atom stereocenters. The molecule has 5 rings (SSSR count). The number of amides is 2. The summed E-state index contributed by atoms with van der Waals surface area (Å²) in [7, 11) is 1.54. The van der Waals surface area contributed by atoms with E-state index in [1.54, 1.807) is 19.3 Å². The Labute approximate surface area is 237 Å².